The van der Waals surface area contributed by atoms with Crippen LogP contribution in [0.15, 0.2) is 42.5 Å². The number of anilines is 1. The van der Waals surface area contributed by atoms with Gasteiger partial charge in [0, 0.05) is 5.69 Å². The topological polar surface area (TPSA) is 75.6 Å². The second-order valence-corrected chi connectivity index (χ2v) is 4.72. The molecule has 5 heteroatoms. The summed E-state index contributed by atoms with van der Waals surface area (Å²) in [6.07, 6.45) is 0.725. The summed E-state index contributed by atoms with van der Waals surface area (Å²) in [5, 5.41) is 11.9. The number of carboxylic acid groups (broad SMARTS) is 1. The zero-order valence-corrected chi connectivity index (χ0v) is 12.4. The van der Waals surface area contributed by atoms with Gasteiger partial charge in [0.1, 0.15) is 5.75 Å². The lowest BCUT2D eigenvalue weighted by Crippen LogP contribution is -2.16. The number of ether oxygens (including phenoxy) is 1. The molecule has 1 amide bonds. The largest absolute Gasteiger partial charge is 0.497 e. The third-order valence-electron chi connectivity index (χ3n) is 3.32. The van der Waals surface area contributed by atoms with Crippen LogP contribution in [0.1, 0.15) is 33.2 Å². The van der Waals surface area contributed by atoms with Gasteiger partial charge in [0.05, 0.1) is 18.2 Å². The van der Waals surface area contributed by atoms with Crippen molar-refractivity contribution in [2.24, 2.45) is 0 Å². The average Bonchev–Trinajstić information content (AvgIpc) is 2.54. The van der Waals surface area contributed by atoms with Crippen molar-refractivity contribution in [2.75, 3.05) is 12.4 Å². The summed E-state index contributed by atoms with van der Waals surface area (Å²) < 4.78 is 5.05. The Labute approximate surface area is 128 Å². The molecule has 2 aromatic rings. The van der Waals surface area contributed by atoms with Crippen LogP contribution < -0.4 is 10.1 Å². The van der Waals surface area contributed by atoms with E-state index in [2.05, 4.69) is 5.32 Å². The van der Waals surface area contributed by atoms with Gasteiger partial charge in [0.25, 0.3) is 5.91 Å². The first-order valence-electron chi connectivity index (χ1n) is 6.86. The molecule has 0 aliphatic carbocycles. The molecule has 0 bridgehead atoms. The minimum absolute atomic E-state index is 0.0109. The van der Waals surface area contributed by atoms with Crippen LogP contribution in [0.2, 0.25) is 0 Å². The highest BCUT2D eigenvalue weighted by Gasteiger charge is 2.17. The van der Waals surface area contributed by atoms with Gasteiger partial charge in [-0.25, -0.2) is 4.79 Å². The molecule has 2 rings (SSSR count). The van der Waals surface area contributed by atoms with Crippen LogP contribution in [-0.4, -0.2) is 24.1 Å². The molecule has 0 spiro atoms. The number of carbonyl (C=O) groups is 2. The predicted molar refractivity (Wildman–Crippen MR) is 83.7 cm³/mol. The van der Waals surface area contributed by atoms with Crippen LogP contribution in [-0.2, 0) is 6.42 Å². The molecular formula is C17H17NO4. The summed E-state index contributed by atoms with van der Waals surface area (Å²) in [5.74, 6) is -0.891. The third kappa shape index (κ3) is 3.44. The van der Waals surface area contributed by atoms with E-state index in [4.69, 9.17) is 4.74 Å². The van der Waals surface area contributed by atoms with Gasteiger partial charge in [-0.2, -0.15) is 0 Å². The quantitative estimate of drug-likeness (QED) is 0.889. The molecule has 5 nitrogen and oxygen atoms in total. The Balaban J connectivity index is 2.29. The molecule has 0 heterocycles. The minimum atomic E-state index is -1.12. The van der Waals surface area contributed by atoms with E-state index in [1.165, 1.54) is 6.07 Å². The van der Waals surface area contributed by atoms with Gasteiger partial charge in [-0.1, -0.05) is 13.0 Å². The predicted octanol–water partition coefficient (Wildman–Crippen LogP) is 3.21. The summed E-state index contributed by atoms with van der Waals surface area (Å²) in [7, 11) is 1.56. The van der Waals surface area contributed by atoms with Crippen molar-refractivity contribution in [1.29, 1.82) is 0 Å². The van der Waals surface area contributed by atoms with Crippen molar-refractivity contribution in [3.8, 4) is 5.75 Å². The maximum atomic E-state index is 12.4. The van der Waals surface area contributed by atoms with Gasteiger partial charge in [-0.15, -0.1) is 0 Å². The van der Waals surface area contributed by atoms with E-state index in [-0.39, 0.29) is 11.1 Å². The lowest BCUT2D eigenvalue weighted by Gasteiger charge is -2.10. The van der Waals surface area contributed by atoms with Crippen molar-refractivity contribution in [3.05, 3.63) is 59.2 Å². The van der Waals surface area contributed by atoms with Gasteiger partial charge >= 0.3 is 5.97 Å². The first kappa shape index (κ1) is 15.6. The number of aromatic carboxylic acids is 1. The highest BCUT2D eigenvalue weighted by atomic mass is 16.5. The molecular weight excluding hydrogens is 282 g/mol. The van der Waals surface area contributed by atoms with Crippen LogP contribution in [0.25, 0.3) is 0 Å². The highest BCUT2D eigenvalue weighted by Crippen LogP contribution is 2.18. The van der Waals surface area contributed by atoms with Crippen molar-refractivity contribution < 1.29 is 19.4 Å². The third-order valence-corrected chi connectivity index (χ3v) is 3.32. The number of benzene rings is 2. The molecule has 0 unspecified atom stereocenters. The van der Waals surface area contributed by atoms with Crippen LogP contribution in [0.4, 0.5) is 5.69 Å². The maximum absolute atomic E-state index is 12.4. The SMILES string of the molecule is CCc1ccc(C(=O)O)c(C(=O)Nc2ccc(OC)cc2)c1. The number of hydrogen-bond acceptors (Lipinski definition) is 3. The van der Waals surface area contributed by atoms with Crippen LogP contribution in [0, 0.1) is 0 Å². The number of nitrogens with one attached hydrogen (secondary N) is 1. The number of carboxylic acids is 1. The van der Waals surface area contributed by atoms with E-state index in [1.807, 2.05) is 6.92 Å². The molecule has 2 aromatic carbocycles. The van der Waals surface area contributed by atoms with E-state index in [0.29, 0.717) is 11.4 Å². The minimum Gasteiger partial charge on any atom is -0.497 e. The molecule has 114 valence electrons. The molecule has 0 aliphatic heterocycles. The second-order valence-electron chi connectivity index (χ2n) is 4.72. The smallest absolute Gasteiger partial charge is 0.336 e. The van der Waals surface area contributed by atoms with Crippen molar-refractivity contribution in [1.82, 2.24) is 0 Å². The van der Waals surface area contributed by atoms with Crippen LogP contribution in [0.3, 0.4) is 0 Å². The Kier molecular flexibility index (Phi) is 4.78. The lowest BCUT2D eigenvalue weighted by molar-refractivity contribution is 0.0692. The van der Waals surface area contributed by atoms with Gasteiger partial charge in [-0.3, -0.25) is 4.79 Å². The average molecular weight is 299 g/mol. The summed E-state index contributed by atoms with van der Waals surface area (Å²) in [4.78, 5) is 23.6. The van der Waals surface area contributed by atoms with Gasteiger partial charge < -0.3 is 15.2 Å². The molecule has 22 heavy (non-hydrogen) atoms. The molecule has 0 aromatic heterocycles. The van der Waals surface area contributed by atoms with Crippen molar-refractivity contribution in [2.45, 2.75) is 13.3 Å². The molecule has 0 radical (unpaired) electrons. The molecule has 0 saturated heterocycles. The Bertz CT molecular complexity index is 692. The fourth-order valence-electron chi connectivity index (χ4n) is 2.06. The van der Waals surface area contributed by atoms with Crippen LogP contribution >= 0.6 is 0 Å². The fourth-order valence-corrected chi connectivity index (χ4v) is 2.06. The Morgan fingerprint density at radius 1 is 1.09 bits per heavy atom. The number of rotatable bonds is 5. The van der Waals surface area contributed by atoms with Gasteiger partial charge in [0.15, 0.2) is 0 Å². The zero-order chi connectivity index (χ0) is 16.1. The van der Waals surface area contributed by atoms with Gasteiger partial charge in [-0.05, 0) is 48.4 Å². The lowest BCUT2D eigenvalue weighted by atomic mass is 10.0. The van der Waals surface area contributed by atoms with E-state index in [9.17, 15) is 14.7 Å². The van der Waals surface area contributed by atoms with E-state index in [1.54, 1.807) is 43.5 Å². The zero-order valence-electron chi connectivity index (χ0n) is 12.4. The second kappa shape index (κ2) is 6.76. The molecule has 2 N–H and O–H groups in total. The van der Waals surface area contributed by atoms with Gasteiger partial charge in [0.2, 0.25) is 0 Å². The molecule has 0 saturated carbocycles. The monoisotopic (exact) mass is 299 g/mol. The normalized spacial score (nSPS) is 10.1. The summed E-state index contributed by atoms with van der Waals surface area (Å²) >= 11 is 0. The highest BCUT2D eigenvalue weighted by molar-refractivity contribution is 6.10. The number of hydrogen-bond donors (Lipinski definition) is 2. The fraction of sp³-hybridized carbons (Fsp3) is 0.176. The first-order chi connectivity index (χ1) is 10.5. The van der Waals surface area contributed by atoms with E-state index in [0.717, 1.165) is 12.0 Å². The van der Waals surface area contributed by atoms with E-state index >= 15 is 0 Å². The Morgan fingerprint density at radius 2 is 1.77 bits per heavy atom. The summed E-state index contributed by atoms with van der Waals surface area (Å²) in [6, 6.07) is 11.6. The number of methoxy groups -OCH3 is 1. The maximum Gasteiger partial charge on any atom is 0.336 e. The molecule has 0 aliphatic rings. The molecule has 0 atom stereocenters. The van der Waals surface area contributed by atoms with Crippen LogP contribution in [0.5, 0.6) is 5.75 Å². The standard InChI is InChI=1S/C17H17NO4/c1-3-11-4-9-14(17(20)21)15(10-11)16(19)18-12-5-7-13(22-2)8-6-12/h4-10H,3H2,1-2H3,(H,18,19)(H,20,21). The van der Waals surface area contributed by atoms with Crippen molar-refractivity contribution in [3.63, 3.8) is 0 Å². The Hall–Kier alpha value is -2.82. The van der Waals surface area contributed by atoms with E-state index < -0.39 is 11.9 Å². The molecule has 0 fully saturated rings. The number of aryl methyl sites for hydroxylation is 1. The summed E-state index contributed by atoms with van der Waals surface area (Å²) in [5.41, 5.74) is 1.62. The number of amides is 1. The first-order valence-corrected chi connectivity index (χ1v) is 6.86. The summed E-state index contributed by atoms with van der Waals surface area (Å²) in [6.45, 7) is 1.95. The Morgan fingerprint density at radius 3 is 2.32 bits per heavy atom. The number of carbonyl (C=O) groups excluding carboxylic acids is 1. The van der Waals surface area contributed by atoms with Crippen molar-refractivity contribution >= 4 is 17.6 Å².